The SMILES string of the molecule is CC(C)C(CBr)Cc1cccc(O)c1. The summed E-state index contributed by atoms with van der Waals surface area (Å²) in [4.78, 5) is 0. The molecule has 78 valence electrons. The number of halogens is 1. The molecule has 1 aromatic carbocycles. The van der Waals surface area contributed by atoms with Crippen molar-refractivity contribution in [1.29, 1.82) is 0 Å². The van der Waals surface area contributed by atoms with Crippen molar-refractivity contribution in [3.05, 3.63) is 29.8 Å². The molecule has 1 atom stereocenters. The second kappa shape index (κ2) is 5.40. The van der Waals surface area contributed by atoms with Gasteiger partial charge in [-0.1, -0.05) is 41.9 Å². The summed E-state index contributed by atoms with van der Waals surface area (Å²) in [7, 11) is 0. The number of phenolic OH excluding ortho intramolecular Hbond substituents is 1. The maximum Gasteiger partial charge on any atom is 0.115 e. The van der Waals surface area contributed by atoms with E-state index in [9.17, 15) is 5.11 Å². The summed E-state index contributed by atoms with van der Waals surface area (Å²) < 4.78 is 0. The predicted octanol–water partition coefficient (Wildman–Crippen LogP) is 3.60. The molecule has 0 aliphatic rings. The quantitative estimate of drug-likeness (QED) is 0.817. The maximum atomic E-state index is 9.33. The molecule has 0 saturated carbocycles. The number of alkyl halides is 1. The molecule has 1 N–H and O–H groups in total. The van der Waals surface area contributed by atoms with Crippen LogP contribution in [0.4, 0.5) is 0 Å². The molecule has 0 radical (unpaired) electrons. The van der Waals surface area contributed by atoms with Gasteiger partial charge in [0.05, 0.1) is 0 Å². The van der Waals surface area contributed by atoms with Crippen LogP contribution in [-0.4, -0.2) is 10.4 Å². The molecule has 0 heterocycles. The predicted molar refractivity (Wildman–Crippen MR) is 63.9 cm³/mol. The van der Waals surface area contributed by atoms with Crippen LogP contribution in [0.25, 0.3) is 0 Å². The van der Waals surface area contributed by atoms with Crippen molar-refractivity contribution in [2.45, 2.75) is 20.3 Å². The number of hydrogen-bond donors (Lipinski definition) is 1. The molecule has 1 nitrogen and oxygen atoms in total. The van der Waals surface area contributed by atoms with Gasteiger partial charge < -0.3 is 5.11 Å². The Morgan fingerprint density at radius 1 is 1.36 bits per heavy atom. The zero-order valence-corrected chi connectivity index (χ0v) is 10.3. The van der Waals surface area contributed by atoms with E-state index in [0.717, 1.165) is 11.8 Å². The van der Waals surface area contributed by atoms with Crippen LogP contribution in [-0.2, 0) is 6.42 Å². The summed E-state index contributed by atoms with van der Waals surface area (Å²) in [5.41, 5.74) is 1.21. The van der Waals surface area contributed by atoms with Crippen molar-refractivity contribution in [3.63, 3.8) is 0 Å². The van der Waals surface area contributed by atoms with Gasteiger partial charge in [-0.15, -0.1) is 0 Å². The largest absolute Gasteiger partial charge is 0.508 e. The molecule has 1 aromatic rings. The van der Waals surface area contributed by atoms with E-state index < -0.39 is 0 Å². The zero-order valence-electron chi connectivity index (χ0n) is 8.70. The number of benzene rings is 1. The van der Waals surface area contributed by atoms with Crippen LogP contribution >= 0.6 is 15.9 Å². The van der Waals surface area contributed by atoms with Crippen LogP contribution < -0.4 is 0 Å². The Hall–Kier alpha value is -0.500. The minimum atomic E-state index is 0.361. The standard InChI is InChI=1S/C12H17BrO/c1-9(2)11(8-13)6-10-4-3-5-12(14)7-10/h3-5,7,9,11,14H,6,8H2,1-2H3. The van der Waals surface area contributed by atoms with Crippen molar-refractivity contribution in [2.75, 3.05) is 5.33 Å². The van der Waals surface area contributed by atoms with Gasteiger partial charge in [0, 0.05) is 5.33 Å². The van der Waals surface area contributed by atoms with E-state index in [-0.39, 0.29) is 0 Å². The summed E-state index contributed by atoms with van der Waals surface area (Å²) in [6, 6.07) is 7.52. The molecular weight excluding hydrogens is 240 g/mol. The molecule has 0 aliphatic heterocycles. The highest BCUT2D eigenvalue weighted by Crippen LogP contribution is 2.21. The Bertz CT molecular complexity index is 283. The van der Waals surface area contributed by atoms with E-state index in [1.807, 2.05) is 12.1 Å². The summed E-state index contributed by atoms with van der Waals surface area (Å²) in [5, 5.41) is 10.3. The molecule has 0 aromatic heterocycles. The first-order chi connectivity index (χ1) is 6.63. The third-order valence-corrected chi connectivity index (χ3v) is 3.38. The Kier molecular flexibility index (Phi) is 4.46. The fourth-order valence-electron chi connectivity index (χ4n) is 1.45. The van der Waals surface area contributed by atoms with E-state index in [2.05, 4.69) is 35.8 Å². The van der Waals surface area contributed by atoms with Gasteiger partial charge in [0.1, 0.15) is 5.75 Å². The first kappa shape index (κ1) is 11.6. The Balaban J connectivity index is 2.67. The van der Waals surface area contributed by atoms with Crippen molar-refractivity contribution >= 4 is 15.9 Å². The van der Waals surface area contributed by atoms with Crippen molar-refractivity contribution < 1.29 is 5.11 Å². The minimum absolute atomic E-state index is 0.361. The summed E-state index contributed by atoms with van der Waals surface area (Å²) >= 11 is 3.53. The topological polar surface area (TPSA) is 20.2 Å². The summed E-state index contributed by atoms with van der Waals surface area (Å²) in [6.45, 7) is 4.46. The maximum absolute atomic E-state index is 9.33. The van der Waals surface area contributed by atoms with Gasteiger partial charge >= 0.3 is 0 Å². The second-order valence-electron chi connectivity index (χ2n) is 4.03. The number of hydrogen-bond acceptors (Lipinski definition) is 1. The fourth-order valence-corrected chi connectivity index (χ4v) is 2.43. The van der Waals surface area contributed by atoms with Crippen LogP contribution in [0.5, 0.6) is 5.75 Å². The lowest BCUT2D eigenvalue weighted by Crippen LogP contribution is -2.13. The van der Waals surface area contributed by atoms with E-state index in [1.165, 1.54) is 5.56 Å². The van der Waals surface area contributed by atoms with E-state index in [1.54, 1.807) is 6.07 Å². The highest BCUT2D eigenvalue weighted by atomic mass is 79.9. The summed E-state index contributed by atoms with van der Waals surface area (Å²) in [5.74, 6) is 1.66. The second-order valence-corrected chi connectivity index (χ2v) is 4.68. The fraction of sp³-hybridized carbons (Fsp3) is 0.500. The Labute approximate surface area is 94.3 Å². The van der Waals surface area contributed by atoms with Gasteiger partial charge in [0.25, 0.3) is 0 Å². The molecule has 2 heteroatoms. The number of rotatable bonds is 4. The summed E-state index contributed by atoms with van der Waals surface area (Å²) in [6.07, 6.45) is 1.03. The lowest BCUT2D eigenvalue weighted by atomic mass is 9.91. The van der Waals surface area contributed by atoms with Gasteiger partial charge in [-0.05, 0) is 36.0 Å². The van der Waals surface area contributed by atoms with Crippen LogP contribution in [0.1, 0.15) is 19.4 Å². The molecule has 1 unspecified atom stereocenters. The first-order valence-corrected chi connectivity index (χ1v) is 6.09. The highest BCUT2D eigenvalue weighted by molar-refractivity contribution is 9.09. The van der Waals surface area contributed by atoms with Gasteiger partial charge in [0.2, 0.25) is 0 Å². The van der Waals surface area contributed by atoms with Crippen molar-refractivity contribution in [3.8, 4) is 5.75 Å². The Morgan fingerprint density at radius 3 is 2.57 bits per heavy atom. The monoisotopic (exact) mass is 256 g/mol. The average molecular weight is 257 g/mol. The van der Waals surface area contributed by atoms with Gasteiger partial charge in [-0.3, -0.25) is 0 Å². The third kappa shape index (κ3) is 3.33. The molecule has 14 heavy (non-hydrogen) atoms. The van der Waals surface area contributed by atoms with Crippen molar-refractivity contribution in [1.82, 2.24) is 0 Å². The third-order valence-electron chi connectivity index (χ3n) is 2.55. The van der Waals surface area contributed by atoms with Crippen molar-refractivity contribution in [2.24, 2.45) is 11.8 Å². The van der Waals surface area contributed by atoms with Crippen LogP contribution in [0.15, 0.2) is 24.3 Å². The molecule has 0 fully saturated rings. The molecule has 0 saturated heterocycles. The van der Waals surface area contributed by atoms with Gasteiger partial charge in [0.15, 0.2) is 0 Å². The molecule has 0 spiro atoms. The zero-order chi connectivity index (χ0) is 10.6. The van der Waals surface area contributed by atoms with E-state index in [4.69, 9.17) is 0 Å². The smallest absolute Gasteiger partial charge is 0.115 e. The first-order valence-electron chi connectivity index (χ1n) is 4.97. The normalized spacial score (nSPS) is 13.1. The minimum Gasteiger partial charge on any atom is -0.508 e. The van der Waals surface area contributed by atoms with Gasteiger partial charge in [-0.25, -0.2) is 0 Å². The number of aromatic hydroxyl groups is 1. The molecule has 1 rings (SSSR count). The van der Waals surface area contributed by atoms with Gasteiger partial charge in [-0.2, -0.15) is 0 Å². The molecular formula is C12H17BrO. The lowest BCUT2D eigenvalue weighted by molar-refractivity contribution is 0.425. The van der Waals surface area contributed by atoms with Crippen LogP contribution in [0.2, 0.25) is 0 Å². The van der Waals surface area contributed by atoms with Crippen LogP contribution in [0.3, 0.4) is 0 Å². The lowest BCUT2D eigenvalue weighted by Gasteiger charge is -2.18. The highest BCUT2D eigenvalue weighted by Gasteiger charge is 2.12. The molecule has 0 aliphatic carbocycles. The van der Waals surface area contributed by atoms with E-state index in [0.29, 0.717) is 17.6 Å². The average Bonchev–Trinajstić information content (AvgIpc) is 2.14. The molecule has 0 bridgehead atoms. The number of phenols is 1. The Morgan fingerprint density at radius 2 is 2.07 bits per heavy atom. The van der Waals surface area contributed by atoms with E-state index >= 15 is 0 Å². The molecule has 0 amide bonds. The van der Waals surface area contributed by atoms with Crippen LogP contribution in [0, 0.1) is 11.8 Å².